The number of hydrogen-bond acceptors (Lipinski definition) is 11. The van der Waals surface area contributed by atoms with Crippen LogP contribution in [0.15, 0.2) is 72.9 Å². The van der Waals surface area contributed by atoms with Crippen molar-refractivity contribution < 1.29 is 56.2 Å². The number of aliphatic hydroxyl groups excluding tert-OH is 3. The maximum atomic E-state index is 12.9. The van der Waals surface area contributed by atoms with Gasteiger partial charge in [-0.05, 0) is 64.2 Å². The molecule has 0 radical (unpaired) electrons. The predicted molar refractivity (Wildman–Crippen MR) is 271 cm³/mol. The molecule has 1 aliphatic rings. The smallest absolute Gasteiger partial charge is 0.397 e. The number of allylic oxidation sites excluding steroid dienone is 12. The van der Waals surface area contributed by atoms with Gasteiger partial charge in [-0.3, -0.25) is 9.35 Å². The maximum Gasteiger partial charge on any atom is 0.397 e. The zero-order valence-electron chi connectivity index (χ0n) is 41.7. The number of esters is 1. The number of carbonyl (C=O) groups excluding carboxylic acids is 1. The molecule has 1 rings (SSSR count). The van der Waals surface area contributed by atoms with Gasteiger partial charge >= 0.3 is 16.4 Å². The minimum Gasteiger partial charge on any atom is -0.457 e. The van der Waals surface area contributed by atoms with Gasteiger partial charge in [0.25, 0.3) is 0 Å². The second-order valence-corrected chi connectivity index (χ2v) is 18.8. The van der Waals surface area contributed by atoms with E-state index in [2.05, 4.69) is 90.9 Å². The van der Waals surface area contributed by atoms with Crippen LogP contribution < -0.4 is 0 Å². The highest BCUT2D eigenvalue weighted by Gasteiger charge is 2.48. The van der Waals surface area contributed by atoms with Gasteiger partial charge in [-0.1, -0.05) is 202 Å². The van der Waals surface area contributed by atoms with Crippen molar-refractivity contribution in [2.24, 2.45) is 0 Å². The summed E-state index contributed by atoms with van der Waals surface area (Å²) < 4.78 is 59.2. The minimum absolute atomic E-state index is 0.0170. The molecule has 1 heterocycles. The van der Waals surface area contributed by atoms with E-state index in [1.165, 1.54) is 103 Å². The zero-order chi connectivity index (χ0) is 48.9. The Morgan fingerprint density at radius 1 is 0.582 bits per heavy atom. The summed E-state index contributed by atoms with van der Waals surface area (Å²) in [6.07, 6.45) is 49.4. The second-order valence-electron chi connectivity index (χ2n) is 17.7. The molecular formula is C54H94O12S. The number of hydrogen-bond donors (Lipinski definition) is 4. The molecule has 4 N–H and O–H groups in total. The molecule has 1 saturated heterocycles. The fraction of sp³-hybridized carbons (Fsp3) is 0.759. The van der Waals surface area contributed by atoms with E-state index in [1.807, 2.05) is 0 Å². The quantitative estimate of drug-likeness (QED) is 0.0197. The lowest BCUT2D eigenvalue weighted by Crippen LogP contribution is -2.60. The first-order chi connectivity index (χ1) is 32.6. The highest BCUT2D eigenvalue weighted by atomic mass is 32.3. The lowest BCUT2D eigenvalue weighted by Gasteiger charge is -2.41. The number of unbranched alkanes of at least 4 members (excludes halogenated alkanes) is 20. The first-order valence-corrected chi connectivity index (χ1v) is 27.6. The van der Waals surface area contributed by atoms with Crippen molar-refractivity contribution >= 4 is 16.4 Å². The SMILES string of the molecule is CC/C=C\C/C=C\C/C=C\C/C=C\C/C=C\C/C=C\CCCCC(=O)OC(COCCCCCCCCCCCCCCCCCCCCC)COC1OC(CO)C(O)C(OS(=O)(=O)O)C1O. The normalized spacial score (nSPS) is 20.0. The Kier molecular flexibility index (Phi) is 41.8. The Morgan fingerprint density at radius 2 is 1.03 bits per heavy atom. The van der Waals surface area contributed by atoms with Gasteiger partial charge in [0.1, 0.15) is 30.5 Å². The van der Waals surface area contributed by atoms with E-state index in [-0.39, 0.29) is 19.6 Å². The molecule has 1 aliphatic heterocycles. The molecule has 13 heteroatoms. The van der Waals surface area contributed by atoms with Gasteiger partial charge in [-0.25, -0.2) is 4.18 Å². The van der Waals surface area contributed by atoms with E-state index in [0.29, 0.717) is 13.0 Å². The molecule has 0 amide bonds. The first kappa shape index (κ1) is 62.6. The largest absolute Gasteiger partial charge is 0.457 e. The summed E-state index contributed by atoms with van der Waals surface area (Å²) in [5, 5.41) is 30.8. The number of rotatable bonds is 45. The van der Waals surface area contributed by atoms with Crippen LogP contribution in [-0.2, 0) is 38.3 Å². The van der Waals surface area contributed by atoms with Crippen molar-refractivity contribution in [1.29, 1.82) is 0 Å². The van der Waals surface area contributed by atoms with Crippen LogP contribution in [-0.4, -0.2) is 97.5 Å². The molecule has 6 atom stereocenters. The molecule has 0 aromatic heterocycles. The van der Waals surface area contributed by atoms with Gasteiger partial charge < -0.3 is 34.3 Å². The Labute approximate surface area is 407 Å². The van der Waals surface area contributed by atoms with Crippen LogP contribution in [0.1, 0.15) is 200 Å². The lowest BCUT2D eigenvalue weighted by molar-refractivity contribution is -0.301. The molecule has 12 nitrogen and oxygen atoms in total. The van der Waals surface area contributed by atoms with Crippen molar-refractivity contribution in [2.45, 2.75) is 237 Å². The Balaban J connectivity index is 2.40. The van der Waals surface area contributed by atoms with E-state index in [0.717, 1.165) is 70.6 Å². The van der Waals surface area contributed by atoms with Gasteiger partial charge in [0.2, 0.25) is 0 Å². The van der Waals surface area contributed by atoms with Crippen LogP contribution in [0, 0.1) is 0 Å². The summed E-state index contributed by atoms with van der Waals surface area (Å²) in [7, 11) is -5.07. The summed E-state index contributed by atoms with van der Waals surface area (Å²) in [5.74, 6) is -0.440. The Morgan fingerprint density at radius 3 is 1.48 bits per heavy atom. The van der Waals surface area contributed by atoms with E-state index in [9.17, 15) is 33.1 Å². The van der Waals surface area contributed by atoms with Gasteiger partial charge in [0.05, 0.1) is 19.8 Å². The standard InChI is InChI=1S/C54H94O12S/c1-3-5-7-9-11-13-15-17-19-21-23-24-25-27-29-31-33-35-37-39-41-43-50(56)64-48(47-63-54-52(58)53(66-67(59,60)61)51(57)49(45-55)65-54)46-62-44-42-40-38-36-34-32-30-28-26-22-20-18-16-14-12-10-8-6-4-2/h5,7,11,13,17,19,23-24,27,29,33,35,48-49,51-55,57-58H,3-4,6,8-10,12,14-16,18,20-22,25-26,28,30-32,34,36-47H2,1-2H3,(H,59,60,61)/b7-5-,13-11-,19-17-,24-23-,29-27-,35-33-. The number of carbonyl (C=O) groups is 1. The molecule has 0 bridgehead atoms. The zero-order valence-corrected chi connectivity index (χ0v) is 42.5. The monoisotopic (exact) mass is 967 g/mol. The predicted octanol–water partition coefficient (Wildman–Crippen LogP) is 12.2. The van der Waals surface area contributed by atoms with Crippen LogP contribution in [0.5, 0.6) is 0 Å². The van der Waals surface area contributed by atoms with Crippen molar-refractivity contribution in [3.05, 3.63) is 72.9 Å². The van der Waals surface area contributed by atoms with Crippen LogP contribution in [0.3, 0.4) is 0 Å². The molecule has 6 unspecified atom stereocenters. The van der Waals surface area contributed by atoms with Crippen LogP contribution in [0.4, 0.5) is 0 Å². The molecule has 0 aromatic carbocycles. The first-order valence-electron chi connectivity index (χ1n) is 26.2. The fourth-order valence-corrected chi connectivity index (χ4v) is 8.18. The van der Waals surface area contributed by atoms with Crippen LogP contribution >= 0.6 is 0 Å². The summed E-state index contributed by atoms with van der Waals surface area (Å²) >= 11 is 0. The molecule has 0 spiro atoms. The van der Waals surface area contributed by atoms with Crippen molar-refractivity contribution in [3.8, 4) is 0 Å². The summed E-state index contributed by atoms with van der Waals surface area (Å²) in [6, 6.07) is 0. The van der Waals surface area contributed by atoms with Gasteiger partial charge in [-0.15, -0.1) is 0 Å². The molecule has 0 saturated carbocycles. The van der Waals surface area contributed by atoms with E-state index in [4.69, 9.17) is 18.9 Å². The molecule has 0 aromatic rings. The number of ether oxygens (including phenoxy) is 4. The summed E-state index contributed by atoms with van der Waals surface area (Å²) in [4.78, 5) is 12.9. The summed E-state index contributed by atoms with van der Waals surface area (Å²) in [6.45, 7) is 3.84. The van der Waals surface area contributed by atoms with Gasteiger partial charge in [0.15, 0.2) is 6.29 Å². The van der Waals surface area contributed by atoms with Crippen molar-refractivity contribution in [2.75, 3.05) is 26.4 Å². The molecule has 0 aliphatic carbocycles. The van der Waals surface area contributed by atoms with E-state index < -0.39 is 59.8 Å². The van der Waals surface area contributed by atoms with Crippen molar-refractivity contribution in [3.63, 3.8) is 0 Å². The average molecular weight is 967 g/mol. The maximum absolute atomic E-state index is 12.9. The van der Waals surface area contributed by atoms with Crippen LogP contribution in [0.2, 0.25) is 0 Å². The third kappa shape index (κ3) is 38.0. The summed E-state index contributed by atoms with van der Waals surface area (Å²) in [5.41, 5.74) is 0. The molecular weight excluding hydrogens is 873 g/mol. The Bertz CT molecular complexity index is 1440. The number of aliphatic hydroxyl groups is 3. The van der Waals surface area contributed by atoms with Gasteiger partial charge in [-0.2, -0.15) is 8.42 Å². The average Bonchev–Trinajstić information content (AvgIpc) is 3.30. The molecule has 388 valence electrons. The Hall–Kier alpha value is -2.46. The fourth-order valence-electron chi connectivity index (χ4n) is 7.68. The van der Waals surface area contributed by atoms with Crippen molar-refractivity contribution in [1.82, 2.24) is 0 Å². The lowest BCUT2D eigenvalue weighted by atomic mass is 9.99. The van der Waals surface area contributed by atoms with E-state index in [1.54, 1.807) is 0 Å². The van der Waals surface area contributed by atoms with Gasteiger partial charge in [0, 0.05) is 13.0 Å². The highest BCUT2D eigenvalue weighted by Crippen LogP contribution is 2.26. The van der Waals surface area contributed by atoms with Crippen LogP contribution in [0.25, 0.3) is 0 Å². The third-order valence-corrected chi connectivity index (χ3v) is 12.1. The molecule has 1 fully saturated rings. The second kappa shape index (κ2) is 44.7. The topological polar surface area (TPSA) is 178 Å². The van der Waals surface area contributed by atoms with E-state index >= 15 is 0 Å². The highest BCUT2D eigenvalue weighted by molar-refractivity contribution is 7.80. The third-order valence-electron chi connectivity index (χ3n) is 11.6. The molecule has 67 heavy (non-hydrogen) atoms. The minimum atomic E-state index is -5.07.